The van der Waals surface area contributed by atoms with Crippen LogP contribution in [0, 0.1) is 6.57 Å². The quantitative estimate of drug-likeness (QED) is 0.157. The maximum Gasteiger partial charge on any atom is 0.187 e. The van der Waals surface area contributed by atoms with E-state index in [1.807, 2.05) is 24.3 Å². The summed E-state index contributed by atoms with van der Waals surface area (Å²) in [6.45, 7) is 12.1. The zero-order valence-corrected chi connectivity index (χ0v) is 30.7. The van der Waals surface area contributed by atoms with Gasteiger partial charge in [-0.05, 0) is 111 Å². The Labute approximate surface area is 321 Å². The highest BCUT2D eigenvalue weighted by Gasteiger charge is 2.35. The summed E-state index contributed by atoms with van der Waals surface area (Å²) >= 11 is 0. The molecule has 0 radical (unpaired) electrons. The number of aromatic nitrogens is 1. The molecule has 0 fully saturated rings. The lowest BCUT2D eigenvalue weighted by atomic mass is 9.82. The minimum atomic E-state index is -0.107. The van der Waals surface area contributed by atoms with Crippen molar-refractivity contribution in [1.82, 2.24) is 4.57 Å². The molecule has 0 saturated heterocycles. The maximum atomic E-state index is 7.51. The van der Waals surface area contributed by atoms with Crippen LogP contribution in [0.5, 0.6) is 0 Å². The molecular formula is C52H37N3. The average molecular weight is 704 g/mol. The lowest BCUT2D eigenvalue weighted by Crippen LogP contribution is -2.16. The highest BCUT2D eigenvalue weighted by molar-refractivity contribution is 6.10. The van der Waals surface area contributed by atoms with Gasteiger partial charge in [-0.25, -0.2) is 4.85 Å². The number of anilines is 3. The van der Waals surface area contributed by atoms with Crippen LogP contribution in [0.1, 0.15) is 25.0 Å². The first-order chi connectivity index (χ1) is 27.0. The molecule has 1 aliphatic rings. The van der Waals surface area contributed by atoms with Crippen molar-refractivity contribution in [3.63, 3.8) is 0 Å². The lowest BCUT2D eigenvalue weighted by molar-refractivity contribution is 0.660. The molecule has 8 aromatic carbocycles. The molecule has 260 valence electrons. The Morgan fingerprint density at radius 1 is 0.455 bits per heavy atom. The number of hydrogen-bond acceptors (Lipinski definition) is 1. The first-order valence-electron chi connectivity index (χ1n) is 18.8. The molecule has 3 heteroatoms. The number of hydrogen-bond donors (Lipinski definition) is 0. The second kappa shape index (κ2) is 12.8. The van der Waals surface area contributed by atoms with E-state index in [1.54, 1.807) is 0 Å². The molecule has 0 saturated carbocycles. The van der Waals surface area contributed by atoms with Crippen LogP contribution in [0.15, 0.2) is 188 Å². The second-order valence-electron chi connectivity index (χ2n) is 14.9. The van der Waals surface area contributed by atoms with E-state index < -0.39 is 0 Å². The van der Waals surface area contributed by atoms with Crippen LogP contribution in [0.25, 0.3) is 65.7 Å². The van der Waals surface area contributed by atoms with E-state index in [2.05, 4.69) is 192 Å². The molecule has 1 aromatic heterocycles. The molecule has 10 rings (SSSR count). The van der Waals surface area contributed by atoms with Gasteiger partial charge in [0.1, 0.15) is 0 Å². The highest BCUT2D eigenvalue weighted by Crippen LogP contribution is 2.50. The minimum absolute atomic E-state index is 0.107. The predicted molar refractivity (Wildman–Crippen MR) is 230 cm³/mol. The predicted octanol–water partition coefficient (Wildman–Crippen LogP) is 14.4. The largest absolute Gasteiger partial charge is 0.311 e. The summed E-state index contributed by atoms with van der Waals surface area (Å²) in [5, 5.41) is 2.51. The van der Waals surface area contributed by atoms with Gasteiger partial charge in [-0.2, -0.15) is 0 Å². The maximum absolute atomic E-state index is 7.51. The van der Waals surface area contributed by atoms with E-state index in [4.69, 9.17) is 6.57 Å². The van der Waals surface area contributed by atoms with Gasteiger partial charge >= 0.3 is 0 Å². The molecule has 0 atom stereocenters. The van der Waals surface area contributed by atoms with Crippen molar-refractivity contribution >= 4 is 44.6 Å². The Bertz CT molecular complexity index is 2930. The van der Waals surface area contributed by atoms with E-state index in [0.29, 0.717) is 5.69 Å². The second-order valence-corrected chi connectivity index (χ2v) is 14.9. The Balaban J connectivity index is 0.983. The van der Waals surface area contributed by atoms with E-state index in [9.17, 15) is 0 Å². The highest BCUT2D eigenvalue weighted by atomic mass is 15.1. The van der Waals surface area contributed by atoms with Crippen LogP contribution < -0.4 is 4.90 Å². The van der Waals surface area contributed by atoms with Crippen LogP contribution in [-0.2, 0) is 5.41 Å². The molecular weight excluding hydrogens is 667 g/mol. The van der Waals surface area contributed by atoms with Crippen LogP contribution >= 0.6 is 0 Å². The third-order valence-corrected chi connectivity index (χ3v) is 11.4. The van der Waals surface area contributed by atoms with Gasteiger partial charge in [-0.3, -0.25) is 0 Å². The molecule has 9 aromatic rings. The number of fused-ring (bicyclic) bond motifs is 6. The monoisotopic (exact) mass is 703 g/mol. The first kappa shape index (κ1) is 32.5. The normalized spacial score (nSPS) is 12.7. The van der Waals surface area contributed by atoms with Crippen molar-refractivity contribution in [1.29, 1.82) is 0 Å². The molecule has 3 nitrogen and oxygen atoms in total. The number of para-hydroxylation sites is 2. The number of nitrogens with zero attached hydrogens (tertiary/aromatic N) is 3. The van der Waals surface area contributed by atoms with Gasteiger partial charge in [0.25, 0.3) is 0 Å². The molecule has 0 amide bonds. The number of benzene rings is 8. The average Bonchev–Trinajstić information content (AvgIpc) is 3.69. The summed E-state index contributed by atoms with van der Waals surface area (Å²) in [6, 6.07) is 67.3. The van der Waals surface area contributed by atoms with Crippen molar-refractivity contribution in [2.24, 2.45) is 0 Å². The fraction of sp³-hybridized carbons (Fsp3) is 0.0577. The van der Waals surface area contributed by atoms with Crippen molar-refractivity contribution in [2.75, 3.05) is 4.90 Å². The zero-order valence-electron chi connectivity index (χ0n) is 30.7. The molecule has 55 heavy (non-hydrogen) atoms. The minimum Gasteiger partial charge on any atom is -0.311 e. The smallest absolute Gasteiger partial charge is 0.187 e. The third kappa shape index (κ3) is 5.34. The van der Waals surface area contributed by atoms with Crippen LogP contribution in [0.3, 0.4) is 0 Å². The summed E-state index contributed by atoms with van der Waals surface area (Å²) in [5.41, 5.74) is 17.3. The van der Waals surface area contributed by atoms with E-state index in [0.717, 1.165) is 22.6 Å². The van der Waals surface area contributed by atoms with Crippen LogP contribution in [0.2, 0.25) is 0 Å². The molecule has 1 heterocycles. The van der Waals surface area contributed by atoms with Crippen LogP contribution in [-0.4, -0.2) is 4.57 Å². The van der Waals surface area contributed by atoms with Gasteiger partial charge in [-0.1, -0.05) is 135 Å². The van der Waals surface area contributed by atoms with Gasteiger partial charge in [0.15, 0.2) is 5.69 Å². The van der Waals surface area contributed by atoms with Crippen molar-refractivity contribution < 1.29 is 0 Å². The van der Waals surface area contributed by atoms with E-state index in [1.165, 1.54) is 66.4 Å². The van der Waals surface area contributed by atoms with Crippen LogP contribution in [0.4, 0.5) is 22.7 Å². The standard InChI is InChI=1S/C52H37N3/c1-52(2)48-15-9-7-13-44(48)45-31-30-43(34-49(45)52)54(42-28-24-39(53-3)25-29-42)41-26-21-36(22-27-41)35-17-19-37(20-18-35)38-23-32-51-47(33-38)46-14-8-10-16-50(46)55(51)40-11-5-4-6-12-40/h4-34H,1-2H3. The first-order valence-corrected chi connectivity index (χ1v) is 18.8. The Kier molecular flexibility index (Phi) is 7.54. The molecule has 0 aliphatic heterocycles. The Morgan fingerprint density at radius 2 is 1.00 bits per heavy atom. The van der Waals surface area contributed by atoms with E-state index in [-0.39, 0.29) is 5.41 Å². The Morgan fingerprint density at radius 3 is 1.73 bits per heavy atom. The van der Waals surface area contributed by atoms with Crippen molar-refractivity contribution in [3.8, 4) is 39.1 Å². The van der Waals surface area contributed by atoms with Gasteiger partial charge in [-0.15, -0.1) is 0 Å². The van der Waals surface area contributed by atoms with Gasteiger partial charge < -0.3 is 9.47 Å². The van der Waals surface area contributed by atoms with E-state index >= 15 is 0 Å². The number of rotatable bonds is 6. The Hall–Kier alpha value is -7.15. The lowest BCUT2D eigenvalue weighted by Gasteiger charge is -2.28. The van der Waals surface area contributed by atoms with Crippen molar-refractivity contribution in [3.05, 3.63) is 211 Å². The third-order valence-electron chi connectivity index (χ3n) is 11.4. The molecule has 0 spiro atoms. The van der Waals surface area contributed by atoms with Gasteiger partial charge in [0.2, 0.25) is 0 Å². The zero-order chi connectivity index (χ0) is 37.1. The molecule has 0 N–H and O–H groups in total. The topological polar surface area (TPSA) is 12.5 Å². The summed E-state index contributed by atoms with van der Waals surface area (Å²) in [6.07, 6.45) is 0. The summed E-state index contributed by atoms with van der Waals surface area (Å²) in [7, 11) is 0. The van der Waals surface area contributed by atoms with Crippen molar-refractivity contribution in [2.45, 2.75) is 19.3 Å². The van der Waals surface area contributed by atoms with Gasteiger partial charge in [0, 0.05) is 38.9 Å². The molecule has 0 bridgehead atoms. The SMILES string of the molecule is [C-]#[N+]c1ccc(N(c2ccc(-c3ccc(-c4ccc5c(c4)c4ccccc4n5-c4ccccc4)cc3)cc2)c2ccc3c(c2)C(C)(C)c2ccccc2-3)cc1. The summed E-state index contributed by atoms with van der Waals surface area (Å²) < 4.78 is 2.36. The molecule has 1 aliphatic carbocycles. The molecule has 0 unspecified atom stereocenters. The summed E-state index contributed by atoms with van der Waals surface area (Å²) in [4.78, 5) is 5.94. The fourth-order valence-electron chi connectivity index (χ4n) is 8.62. The van der Waals surface area contributed by atoms with Gasteiger partial charge in [0.05, 0.1) is 17.6 Å². The fourth-order valence-corrected chi connectivity index (χ4v) is 8.62. The summed E-state index contributed by atoms with van der Waals surface area (Å²) in [5.74, 6) is 0.